The highest BCUT2D eigenvalue weighted by molar-refractivity contribution is 6.07. The van der Waals surface area contributed by atoms with Crippen LogP contribution < -0.4 is 14.2 Å². The fraction of sp³-hybridized carbons (Fsp3) is 0.500. The number of unbranched alkanes of at least 4 members (excludes halogenated alkanes) is 2. The molecule has 0 aromatic heterocycles. The summed E-state index contributed by atoms with van der Waals surface area (Å²) in [7, 11) is 0. The highest BCUT2D eigenvalue weighted by Crippen LogP contribution is 2.38. The van der Waals surface area contributed by atoms with Crippen molar-refractivity contribution in [3.05, 3.63) is 59.2 Å². The van der Waals surface area contributed by atoms with Crippen LogP contribution >= 0.6 is 0 Å². The predicted octanol–water partition coefficient (Wildman–Crippen LogP) is 8.19. The second kappa shape index (κ2) is 13.5. The number of allylic oxidation sites excluding steroid dienone is 1. The minimum atomic E-state index is -0.601. The van der Waals surface area contributed by atoms with Gasteiger partial charge < -0.3 is 14.2 Å². The van der Waals surface area contributed by atoms with E-state index in [9.17, 15) is 9.59 Å². The van der Waals surface area contributed by atoms with E-state index in [1.54, 1.807) is 51.1 Å². The first-order valence-electron chi connectivity index (χ1n) is 13.4. The molecule has 2 aromatic rings. The highest BCUT2D eigenvalue weighted by Gasteiger charge is 2.24. The minimum absolute atomic E-state index is 0.142. The van der Waals surface area contributed by atoms with Gasteiger partial charge in [0.05, 0.1) is 18.6 Å². The van der Waals surface area contributed by atoms with Crippen LogP contribution in [-0.2, 0) is 10.2 Å². The van der Waals surface area contributed by atoms with Crippen molar-refractivity contribution in [2.24, 2.45) is 5.41 Å². The largest absolute Gasteiger partial charge is 0.493 e. The third-order valence-electron chi connectivity index (χ3n) is 5.81. The summed E-state index contributed by atoms with van der Waals surface area (Å²) in [4.78, 5) is 25.1. The summed E-state index contributed by atoms with van der Waals surface area (Å²) in [5, 5.41) is 0. The van der Waals surface area contributed by atoms with Crippen LogP contribution in [0.25, 0.3) is 6.08 Å². The first-order valence-corrected chi connectivity index (χ1v) is 13.4. The number of benzene rings is 2. The summed E-state index contributed by atoms with van der Waals surface area (Å²) in [6.45, 7) is 17.4. The Balaban J connectivity index is 2.32. The van der Waals surface area contributed by atoms with Crippen molar-refractivity contribution >= 4 is 17.8 Å². The molecule has 0 aliphatic heterocycles. The summed E-state index contributed by atoms with van der Waals surface area (Å²) in [6, 6.07) is 10.7. The topological polar surface area (TPSA) is 61.8 Å². The fourth-order valence-corrected chi connectivity index (χ4v) is 3.40. The molecule has 0 fully saturated rings. The van der Waals surface area contributed by atoms with E-state index in [1.807, 2.05) is 12.1 Å². The lowest BCUT2D eigenvalue weighted by atomic mass is 9.85. The van der Waals surface area contributed by atoms with Crippen LogP contribution in [0.3, 0.4) is 0 Å². The Morgan fingerprint density at radius 2 is 1.38 bits per heavy atom. The molecule has 0 unspecified atom stereocenters. The van der Waals surface area contributed by atoms with E-state index < -0.39 is 5.41 Å². The molecule has 37 heavy (non-hydrogen) atoms. The van der Waals surface area contributed by atoms with E-state index in [2.05, 4.69) is 40.7 Å². The molecule has 0 saturated carbocycles. The van der Waals surface area contributed by atoms with Gasteiger partial charge >= 0.3 is 5.97 Å². The molecule has 202 valence electrons. The Morgan fingerprint density at radius 3 is 1.89 bits per heavy atom. The molecule has 0 aliphatic carbocycles. The van der Waals surface area contributed by atoms with Crippen molar-refractivity contribution in [1.29, 1.82) is 0 Å². The zero-order chi connectivity index (χ0) is 27.6. The molecule has 0 N–H and O–H groups in total. The first-order chi connectivity index (χ1) is 17.4. The maximum atomic E-state index is 12.9. The maximum Gasteiger partial charge on any atom is 0.316 e. The summed E-state index contributed by atoms with van der Waals surface area (Å²) >= 11 is 0. The molecule has 0 atom stereocenters. The van der Waals surface area contributed by atoms with Crippen molar-refractivity contribution in [1.82, 2.24) is 0 Å². The van der Waals surface area contributed by atoms with E-state index in [0.717, 1.165) is 42.6 Å². The van der Waals surface area contributed by atoms with Crippen molar-refractivity contribution in [2.75, 3.05) is 13.2 Å². The van der Waals surface area contributed by atoms with Gasteiger partial charge in [0.15, 0.2) is 5.78 Å². The third kappa shape index (κ3) is 9.38. The van der Waals surface area contributed by atoms with Gasteiger partial charge in [-0.3, -0.25) is 9.59 Å². The normalized spacial score (nSPS) is 12.0. The quantitative estimate of drug-likeness (QED) is 0.0951. The van der Waals surface area contributed by atoms with Gasteiger partial charge in [-0.25, -0.2) is 0 Å². The van der Waals surface area contributed by atoms with Crippen LogP contribution in [0.15, 0.2) is 42.5 Å². The predicted molar refractivity (Wildman–Crippen MR) is 151 cm³/mol. The van der Waals surface area contributed by atoms with Gasteiger partial charge in [0.2, 0.25) is 0 Å². The van der Waals surface area contributed by atoms with E-state index >= 15 is 0 Å². The number of hydrogen-bond acceptors (Lipinski definition) is 5. The second-order valence-corrected chi connectivity index (χ2v) is 11.4. The van der Waals surface area contributed by atoms with Crippen molar-refractivity contribution in [3.63, 3.8) is 0 Å². The molecule has 2 rings (SSSR count). The molecule has 5 nitrogen and oxygen atoms in total. The van der Waals surface area contributed by atoms with Crippen LogP contribution in [0.1, 0.15) is 103 Å². The number of ketones is 1. The van der Waals surface area contributed by atoms with Gasteiger partial charge in [-0.15, -0.1) is 0 Å². The van der Waals surface area contributed by atoms with Crippen LogP contribution in [-0.4, -0.2) is 25.0 Å². The molecule has 0 saturated heterocycles. The molecule has 0 heterocycles. The molecular formula is C32H44O5. The minimum Gasteiger partial charge on any atom is -0.493 e. The van der Waals surface area contributed by atoms with Gasteiger partial charge in [0.1, 0.15) is 17.2 Å². The van der Waals surface area contributed by atoms with Gasteiger partial charge in [-0.2, -0.15) is 0 Å². The Morgan fingerprint density at radius 1 is 0.811 bits per heavy atom. The SMILES string of the molecule is CCCCOc1cc(OCCCC)c(C(C)(C)C)cc1/C=C/C(=O)c1ccc(OC(=O)C(C)(C)C)cc1. The van der Waals surface area contributed by atoms with Crippen LogP contribution in [0.2, 0.25) is 0 Å². The first kappa shape index (κ1) is 30.1. The third-order valence-corrected chi connectivity index (χ3v) is 5.81. The number of hydrogen-bond donors (Lipinski definition) is 0. The molecule has 0 spiro atoms. The average molecular weight is 509 g/mol. The smallest absolute Gasteiger partial charge is 0.316 e. The lowest BCUT2D eigenvalue weighted by molar-refractivity contribution is -0.143. The number of carbonyl (C=O) groups excluding carboxylic acids is 2. The van der Waals surface area contributed by atoms with Gasteiger partial charge in [-0.1, -0.05) is 47.5 Å². The Hall–Kier alpha value is -3.08. The molecule has 0 radical (unpaired) electrons. The van der Waals surface area contributed by atoms with Crippen LogP contribution in [0.5, 0.6) is 17.2 Å². The number of esters is 1. The Labute approximate surface area is 223 Å². The maximum absolute atomic E-state index is 12.9. The van der Waals surface area contributed by atoms with Gasteiger partial charge in [-0.05, 0) is 81.5 Å². The molecule has 0 bridgehead atoms. The summed E-state index contributed by atoms with van der Waals surface area (Å²) in [5.41, 5.74) is 1.68. The molecule has 0 amide bonds. The fourth-order valence-electron chi connectivity index (χ4n) is 3.40. The number of carbonyl (C=O) groups is 2. The Kier molecular flexibility index (Phi) is 11.0. The second-order valence-electron chi connectivity index (χ2n) is 11.4. The summed E-state index contributed by atoms with van der Waals surface area (Å²) in [5.74, 6) is 1.49. The average Bonchev–Trinajstić information content (AvgIpc) is 2.82. The van der Waals surface area contributed by atoms with E-state index in [1.165, 1.54) is 0 Å². The monoisotopic (exact) mass is 508 g/mol. The zero-order valence-corrected chi connectivity index (χ0v) is 23.9. The summed E-state index contributed by atoms with van der Waals surface area (Å²) in [6.07, 6.45) is 7.39. The lowest BCUT2D eigenvalue weighted by Gasteiger charge is -2.25. The van der Waals surface area contributed by atoms with E-state index in [0.29, 0.717) is 30.3 Å². The lowest BCUT2D eigenvalue weighted by Crippen LogP contribution is -2.25. The zero-order valence-electron chi connectivity index (χ0n) is 23.9. The van der Waals surface area contributed by atoms with E-state index in [4.69, 9.17) is 14.2 Å². The number of ether oxygens (including phenoxy) is 3. The van der Waals surface area contributed by atoms with Crippen LogP contribution in [0, 0.1) is 5.41 Å². The highest BCUT2D eigenvalue weighted by atomic mass is 16.5. The Bertz CT molecular complexity index is 1070. The van der Waals surface area contributed by atoms with Crippen molar-refractivity contribution < 1.29 is 23.8 Å². The molecule has 5 heteroatoms. The van der Waals surface area contributed by atoms with E-state index in [-0.39, 0.29) is 17.2 Å². The van der Waals surface area contributed by atoms with Crippen molar-refractivity contribution in [3.8, 4) is 17.2 Å². The molecular weight excluding hydrogens is 464 g/mol. The summed E-state index contributed by atoms with van der Waals surface area (Å²) < 4.78 is 17.7. The van der Waals surface area contributed by atoms with Crippen molar-refractivity contribution in [2.45, 2.75) is 86.5 Å². The van der Waals surface area contributed by atoms with Gasteiger partial charge in [0, 0.05) is 22.8 Å². The van der Waals surface area contributed by atoms with Crippen LogP contribution in [0.4, 0.5) is 0 Å². The molecule has 0 aliphatic rings. The number of rotatable bonds is 12. The standard InChI is InChI=1S/C32H44O5/c1-9-11-19-35-28-22-29(36-20-12-10-2)26(31(3,4)5)21-24(28)15-18-27(33)23-13-16-25(17-14-23)37-30(34)32(6,7)8/h13-18,21-22H,9-12,19-20H2,1-8H3/b18-15+. The van der Waals surface area contributed by atoms with Gasteiger partial charge in [0.25, 0.3) is 0 Å². The molecule has 2 aromatic carbocycles.